The Balaban J connectivity index is 1.32. The predicted molar refractivity (Wildman–Crippen MR) is 180 cm³/mol. The minimum Gasteiger partial charge on any atom is -0.494 e. The van der Waals surface area contributed by atoms with Gasteiger partial charge in [0.05, 0.1) is 30.3 Å². The Morgan fingerprint density at radius 3 is 2.36 bits per heavy atom. The van der Waals surface area contributed by atoms with Gasteiger partial charge < -0.3 is 25.2 Å². The minimum absolute atomic E-state index is 0.339. The van der Waals surface area contributed by atoms with Crippen molar-refractivity contribution >= 4 is 55.6 Å². The summed E-state index contributed by atoms with van der Waals surface area (Å²) in [6.45, 7) is 4.11. The summed E-state index contributed by atoms with van der Waals surface area (Å²) in [5.41, 5.74) is 6.08. The van der Waals surface area contributed by atoms with Crippen molar-refractivity contribution in [1.29, 1.82) is 0 Å². The largest absolute Gasteiger partial charge is 0.494 e. The fraction of sp³-hybridized carbons (Fsp3) is 0.438. The van der Waals surface area contributed by atoms with Crippen LogP contribution in [0.5, 0.6) is 5.75 Å². The maximum atomic E-state index is 12.7. The van der Waals surface area contributed by atoms with Gasteiger partial charge in [0, 0.05) is 62.1 Å². The summed E-state index contributed by atoms with van der Waals surface area (Å²) in [7, 11) is 3.90. The van der Waals surface area contributed by atoms with E-state index in [4.69, 9.17) is 9.72 Å². The lowest BCUT2D eigenvalue weighted by Gasteiger charge is -2.37. The Bertz CT molecular complexity index is 1820. The average Bonchev–Trinajstić information content (AvgIpc) is 3.86. The first kappa shape index (κ1) is 30.8. The van der Waals surface area contributed by atoms with Crippen LogP contribution in [0.15, 0.2) is 42.9 Å². The Hall–Kier alpha value is -4.23. The van der Waals surface area contributed by atoms with Crippen LogP contribution in [0.1, 0.15) is 42.7 Å². The molecule has 2 N–H and O–H groups in total. The minimum atomic E-state index is -3.59. The van der Waals surface area contributed by atoms with Gasteiger partial charge in [-0.1, -0.05) is 0 Å². The van der Waals surface area contributed by atoms with Crippen molar-refractivity contribution in [2.45, 2.75) is 44.6 Å². The van der Waals surface area contributed by atoms with Crippen LogP contribution in [0, 0.1) is 6.92 Å². The van der Waals surface area contributed by atoms with Crippen LogP contribution < -0.4 is 24.6 Å². The summed E-state index contributed by atoms with van der Waals surface area (Å²) in [6, 6.07) is 8.41. The number of piperidine rings is 1. The fourth-order valence-corrected chi connectivity index (χ4v) is 6.52. The van der Waals surface area contributed by atoms with Gasteiger partial charge in [-0.3, -0.25) is 14.3 Å². The van der Waals surface area contributed by atoms with Crippen molar-refractivity contribution in [1.82, 2.24) is 24.8 Å². The van der Waals surface area contributed by atoms with Gasteiger partial charge in [-0.25, -0.2) is 13.4 Å². The molecule has 1 aliphatic heterocycles. The highest BCUT2D eigenvalue weighted by molar-refractivity contribution is 7.92. The SMILES string of the molecule is COc1cc(N2CCC(N(C)C)CC2)c(C)cc1Nc1ncc(C2CC2)c(Nc2ccc3nccnc3c2N(C)S(C)(=O)=O)n1. The van der Waals surface area contributed by atoms with Crippen molar-refractivity contribution in [2.75, 3.05) is 67.4 Å². The Kier molecular flexibility index (Phi) is 8.40. The van der Waals surface area contributed by atoms with Crippen molar-refractivity contribution < 1.29 is 13.2 Å². The van der Waals surface area contributed by atoms with E-state index in [0.717, 1.165) is 55.6 Å². The first-order chi connectivity index (χ1) is 21.5. The zero-order chi connectivity index (χ0) is 31.9. The summed E-state index contributed by atoms with van der Waals surface area (Å²) < 4.78 is 32.4. The molecule has 0 bridgehead atoms. The lowest BCUT2D eigenvalue weighted by Crippen LogP contribution is -2.42. The maximum Gasteiger partial charge on any atom is 0.232 e. The molecule has 1 saturated carbocycles. The number of nitrogens with one attached hydrogen (secondary N) is 2. The molecule has 2 aromatic heterocycles. The number of nitrogens with zero attached hydrogens (tertiary/aromatic N) is 7. The van der Waals surface area contributed by atoms with Crippen LogP contribution in [0.3, 0.4) is 0 Å². The van der Waals surface area contributed by atoms with E-state index in [9.17, 15) is 8.42 Å². The molecule has 6 rings (SSSR count). The number of rotatable bonds is 10. The molecule has 0 spiro atoms. The van der Waals surface area contributed by atoms with Gasteiger partial charge in [-0.2, -0.15) is 4.98 Å². The van der Waals surface area contributed by atoms with Crippen LogP contribution in [-0.2, 0) is 10.0 Å². The number of sulfonamides is 1. The lowest BCUT2D eigenvalue weighted by molar-refractivity contribution is 0.249. The topological polar surface area (TPSA) is 129 Å². The molecule has 45 heavy (non-hydrogen) atoms. The lowest BCUT2D eigenvalue weighted by atomic mass is 10.0. The number of anilines is 6. The van der Waals surface area contributed by atoms with Gasteiger partial charge in [0.1, 0.15) is 22.8 Å². The van der Waals surface area contributed by atoms with Gasteiger partial charge in [0.2, 0.25) is 16.0 Å². The summed E-state index contributed by atoms with van der Waals surface area (Å²) >= 11 is 0. The van der Waals surface area contributed by atoms with Gasteiger partial charge in [-0.15, -0.1) is 0 Å². The monoisotopic (exact) mass is 631 g/mol. The molecular weight excluding hydrogens is 590 g/mol. The molecule has 13 heteroatoms. The van der Waals surface area contributed by atoms with Crippen molar-refractivity contribution in [3.8, 4) is 5.75 Å². The molecule has 1 saturated heterocycles. The second-order valence-corrected chi connectivity index (χ2v) is 14.2. The molecule has 3 heterocycles. The third-order valence-corrected chi connectivity index (χ3v) is 9.99. The zero-order valence-corrected chi connectivity index (χ0v) is 27.5. The van der Waals surface area contributed by atoms with Gasteiger partial charge >= 0.3 is 0 Å². The maximum absolute atomic E-state index is 12.7. The molecule has 2 aliphatic rings. The molecule has 1 aliphatic carbocycles. The van der Waals surface area contributed by atoms with Crippen molar-refractivity contribution in [3.63, 3.8) is 0 Å². The number of aromatic nitrogens is 4. The number of fused-ring (bicyclic) bond motifs is 1. The zero-order valence-electron chi connectivity index (χ0n) is 26.7. The van der Waals surface area contributed by atoms with E-state index in [2.05, 4.69) is 68.5 Å². The molecule has 0 amide bonds. The highest BCUT2D eigenvalue weighted by Gasteiger charge is 2.29. The second kappa shape index (κ2) is 12.3. The first-order valence-electron chi connectivity index (χ1n) is 15.2. The highest BCUT2D eigenvalue weighted by atomic mass is 32.2. The van der Waals surface area contributed by atoms with E-state index in [-0.39, 0.29) is 0 Å². The van der Waals surface area contributed by atoms with E-state index >= 15 is 0 Å². The van der Waals surface area contributed by atoms with Gasteiger partial charge in [0.15, 0.2) is 0 Å². The molecular formula is C32H41N9O3S. The average molecular weight is 632 g/mol. The molecule has 12 nitrogen and oxygen atoms in total. The number of benzene rings is 2. The molecule has 4 aromatic rings. The quantitative estimate of drug-likeness (QED) is 0.245. The Morgan fingerprint density at radius 2 is 1.69 bits per heavy atom. The molecule has 0 atom stereocenters. The number of ether oxygens (including phenoxy) is 1. The number of aryl methyl sites for hydroxylation is 1. The summed E-state index contributed by atoms with van der Waals surface area (Å²) in [5, 5.41) is 6.81. The van der Waals surface area contributed by atoms with E-state index < -0.39 is 10.0 Å². The second-order valence-electron chi connectivity index (χ2n) is 12.2. The van der Waals surface area contributed by atoms with Crippen molar-refractivity contribution in [2.24, 2.45) is 0 Å². The summed E-state index contributed by atoms with van der Waals surface area (Å²) in [5.74, 6) is 2.06. The Labute approximate surface area is 264 Å². The van der Waals surface area contributed by atoms with Crippen LogP contribution in [0.25, 0.3) is 11.0 Å². The smallest absolute Gasteiger partial charge is 0.232 e. The Morgan fingerprint density at radius 1 is 0.956 bits per heavy atom. The normalized spacial score (nSPS) is 15.8. The van der Waals surface area contributed by atoms with Gasteiger partial charge in [-0.05, 0) is 76.4 Å². The highest BCUT2D eigenvalue weighted by Crippen LogP contribution is 2.45. The number of hydrogen-bond acceptors (Lipinski definition) is 11. The molecule has 0 radical (unpaired) electrons. The van der Waals surface area contributed by atoms with E-state index in [1.165, 1.54) is 23.3 Å². The number of methoxy groups -OCH3 is 1. The standard InChI is InChI=1S/C32H41N9O3S/c1-20-17-26(28(44-5)18-27(20)41-15-11-22(12-16-41)39(2)3)37-32-35-19-23(21-7-8-21)31(38-32)36-25-10-9-24-29(34-14-13-33-24)30(25)40(4)45(6,42)43/h9-10,13-14,17-19,21-22H,7-8,11-12,15-16H2,1-6H3,(H2,35,36,37,38). The van der Waals surface area contributed by atoms with Crippen LogP contribution in [0.4, 0.5) is 34.5 Å². The summed E-state index contributed by atoms with van der Waals surface area (Å²) in [6.07, 6.45) is 10.5. The van der Waals surface area contributed by atoms with Crippen molar-refractivity contribution in [3.05, 3.63) is 54.0 Å². The van der Waals surface area contributed by atoms with E-state index in [1.807, 2.05) is 18.3 Å². The third kappa shape index (κ3) is 6.45. The third-order valence-electron chi connectivity index (χ3n) is 8.81. The van der Waals surface area contributed by atoms with Crippen LogP contribution >= 0.6 is 0 Å². The van der Waals surface area contributed by atoms with Gasteiger partial charge in [0.25, 0.3) is 0 Å². The van der Waals surface area contributed by atoms with Crippen LogP contribution in [-0.4, -0.2) is 86.9 Å². The molecule has 2 fully saturated rings. The predicted octanol–water partition coefficient (Wildman–Crippen LogP) is 5.03. The number of hydrogen-bond donors (Lipinski definition) is 2. The molecule has 0 unspecified atom stereocenters. The molecule has 2 aromatic carbocycles. The van der Waals surface area contributed by atoms with E-state index in [0.29, 0.717) is 51.9 Å². The summed E-state index contributed by atoms with van der Waals surface area (Å²) in [4.78, 5) is 23.2. The first-order valence-corrected chi connectivity index (χ1v) is 17.1. The van der Waals surface area contributed by atoms with Crippen LogP contribution in [0.2, 0.25) is 0 Å². The molecule has 238 valence electrons. The fourth-order valence-electron chi connectivity index (χ4n) is 6.01. The van der Waals surface area contributed by atoms with E-state index in [1.54, 1.807) is 19.5 Å².